The number of guanidine groups is 1. The van der Waals surface area contributed by atoms with Gasteiger partial charge in [-0.15, -0.1) is 0 Å². The van der Waals surface area contributed by atoms with E-state index in [0.29, 0.717) is 25.8 Å². The number of hydrogen-bond acceptors (Lipinski definition) is 8. The van der Waals surface area contributed by atoms with Crippen LogP contribution in [-0.2, 0) is 24.0 Å². The highest BCUT2D eigenvalue weighted by Gasteiger charge is 2.29. The van der Waals surface area contributed by atoms with Gasteiger partial charge >= 0.3 is 11.9 Å². The summed E-state index contributed by atoms with van der Waals surface area (Å²) in [6, 6.07) is -4.64. The minimum atomic E-state index is -1.29. The lowest BCUT2D eigenvalue weighted by Gasteiger charge is -2.24. The van der Waals surface area contributed by atoms with Crippen LogP contribution in [0.2, 0.25) is 0 Å². The van der Waals surface area contributed by atoms with Crippen molar-refractivity contribution in [1.29, 1.82) is 0 Å². The van der Waals surface area contributed by atoms with Gasteiger partial charge in [-0.3, -0.25) is 29.0 Å². The average Bonchev–Trinajstić information content (AvgIpc) is 2.77. The summed E-state index contributed by atoms with van der Waals surface area (Å²) in [4.78, 5) is 63.8. The van der Waals surface area contributed by atoms with Crippen LogP contribution in [-0.4, -0.2) is 83.1 Å². The van der Waals surface area contributed by atoms with E-state index in [-0.39, 0.29) is 31.8 Å². The van der Waals surface area contributed by atoms with Crippen LogP contribution in [0.4, 0.5) is 0 Å². The van der Waals surface area contributed by atoms with Gasteiger partial charge < -0.3 is 49.1 Å². The van der Waals surface area contributed by atoms with Crippen molar-refractivity contribution >= 4 is 35.6 Å². The zero-order valence-electron chi connectivity index (χ0n) is 19.9. The Kier molecular flexibility index (Phi) is 15.4. The number of carboxylic acids is 2. The molecule has 15 nitrogen and oxygen atoms in total. The first-order valence-electron chi connectivity index (χ1n) is 11.3. The molecule has 0 aromatic carbocycles. The zero-order valence-corrected chi connectivity index (χ0v) is 19.9. The van der Waals surface area contributed by atoms with Crippen molar-refractivity contribution in [2.75, 3.05) is 13.1 Å². The van der Waals surface area contributed by atoms with Crippen LogP contribution in [0, 0.1) is 0 Å². The van der Waals surface area contributed by atoms with Crippen molar-refractivity contribution in [3.63, 3.8) is 0 Å². The Morgan fingerprint density at radius 3 is 1.94 bits per heavy atom. The van der Waals surface area contributed by atoms with Crippen LogP contribution in [0.25, 0.3) is 0 Å². The molecule has 0 saturated carbocycles. The lowest BCUT2D eigenvalue weighted by Crippen LogP contribution is -2.56. The van der Waals surface area contributed by atoms with Gasteiger partial charge in [-0.05, 0) is 45.6 Å². The first-order valence-corrected chi connectivity index (χ1v) is 11.3. The number of carboxylic acid groups (broad SMARTS) is 2. The van der Waals surface area contributed by atoms with E-state index < -0.39 is 60.2 Å². The van der Waals surface area contributed by atoms with E-state index in [1.807, 2.05) is 0 Å². The Balaban J connectivity index is 5.44. The van der Waals surface area contributed by atoms with Crippen LogP contribution in [0.1, 0.15) is 51.9 Å². The van der Waals surface area contributed by atoms with Crippen molar-refractivity contribution in [3.8, 4) is 0 Å². The van der Waals surface area contributed by atoms with E-state index in [0.717, 1.165) is 0 Å². The minimum Gasteiger partial charge on any atom is -0.481 e. The zero-order chi connectivity index (χ0) is 27.0. The fourth-order valence-electron chi connectivity index (χ4n) is 2.88. The maximum atomic E-state index is 12.9. The van der Waals surface area contributed by atoms with Crippen LogP contribution in [0.5, 0.6) is 0 Å². The summed E-state index contributed by atoms with van der Waals surface area (Å²) in [5.74, 6) is -4.88. The molecule has 0 aliphatic rings. The third-order valence-corrected chi connectivity index (χ3v) is 4.89. The van der Waals surface area contributed by atoms with E-state index in [4.69, 9.17) is 33.1 Å². The summed E-state index contributed by atoms with van der Waals surface area (Å²) >= 11 is 0. The summed E-state index contributed by atoms with van der Waals surface area (Å²) in [7, 11) is 0. The monoisotopic (exact) mass is 502 g/mol. The van der Waals surface area contributed by atoms with Crippen molar-refractivity contribution < 1.29 is 34.2 Å². The Morgan fingerprint density at radius 2 is 1.40 bits per heavy atom. The Hall–Kier alpha value is -3.46. The summed E-state index contributed by atoms with van der Waals surface area (Å²) in [5.41, 5.74) is 21.8. The molecule has 0 fully saturated rings. The lowest BCUT2D eigenvalue weighted by molar-refractivity contribution is -0.141. The molecule has 35 heavy (non-hydrogen) atoms. The lowest BCUT2D eigenvalue weighted by atomic mass is 10.1. The van der Waals surface area contributed by atoms with E-state index in [2.05, 4.69) is 20.9 Å². The highest BCUT2D eigenvalue weighted by atomic mass is 16.4. The molecule has 0 spiro atoms. The van der Waals surface area contributed by atoms with Crippen LogP contribution >= 0.6 is 0 Å². The normalized spacial score (nSPS) is 14.0. The average molecular weight is 503 g/mol. The molecule has 3 amide bonds. The van der Waals surface area contributed by atoms with Gasteiger partial charge in [0, 0.05) is 13.0 Å². The van der Waals surface area contributed by atoms with Crippen LogP contribution < -0.4 is 38.9 Å². The van der Waals surface area contributed by atoms with Gasteiger partial charge in [0.1, 0.15) is 18.1 Å². The molecule has 0 aromatic rings. The third-order valence-electron chi connectivity index (χ3n) is 4.89. The molecule has 0 radical (unpaired) electrons. The molecule has 0 aliphatic carbocycles. The number of aliphatic imine (C=N–C) groups is 1. The molecule has 13 N–H and O–H groups in total. The molecule has 0 bridgehead atoms. The maximum Gasteiger partial charge on any atom is 0.325 e. The first-order chi connectivity index (χ1) is 16.4. The number of carbonyl (C=O) groups is 5. The number of rotatable bonds is 18. The predicted molar refractivity (Wildman–Crippen MR) is 127 cm³/mol. The molecule has 15 heteroatoms. The Morgan fingerprint density at radius 1 is 0.829 bits per heavy atom. The number of carbonyl (C=O) groups excluding carboxylic acids is 3. The van der Waals surface area contributed by atoms with Gasteiger partial charge in [0.25, 0.3) is 0 Å². The van der Waals surface area contributed by atoms with Gasteiger partial charge in [0.15, 0.2) is 5.96 Å². The number of amides is 3. The number of hydrogen-bond donors (Lipinski definition) is 9. The second-order valence-electron chi connectivity index (χ2n) is 7.96. The fraction of sp³-hybridized carbons (Fsp3) is 0.700. The fourth-order valence-corrected chi connectivity index (χ4v) is 2.88. The molecule has 0 aromatic heterocycles. The predicted octanol–water partition coefficient (Wildman–Crippen LogP) is -3.08. The number of unbranched alkanes of at least 4 members (excludes halogenated alkanes) is 1. The van der Waals surface area contributed by atoms with Crippen LogP contribution in [0.3, 0.4) is 0 Å². The molecule has 0 saturated heterocycles. The van der Waals surface area contributed by atoms with Crippen LogP contribution in [0.15, 0.2) is 4.99 Å². The third kappa shape index (κ3) is 14.4. The van der Waals surface area contributed by atoms with Gasteiger partial charge in [-0.1, -0.05) is 6.42 Å². The molecular formula is C20H38N8O7. The van der Waals surface area contributed by atoms with E-state index in [9.17, 15) is 24.0 Å². The van der Waals surface area contributed by atoms with Crippen molar-refractivity contribution in [1.82, 2.24) is 16.0 Å². The maximum absolute atomic E-state index is 12.9. The van der Waals surface area contributed by atoms with E-state index in [1.165, 1.54) is 6.92 Å². The quantitative estimate of drug-likeness (QED) is 0.0514. The Bertz CT molecular complexity index is 758. The smallest absolute Gasteiger partial charge is 0.325 e. The topological polar surface area (TPSA) is 278 Å². The van der Waals surface area contributed by atoms with Crippen molar-refractivity contribution in [2.45, 2.75) is 76.0 Å². The number of nitrogens with one attached hydrogen (secondary N) is 3. The van der Waals surface area contributed by atoms with Crippen molar-refractivity contribution in [2.24, 2.45) is 27.9 Å². The Labute approximate surface area is 203 Å². The second kappa shape index (κ2) is 17.0. The summed E-state index contributed by atoms with van der Waals surface area (Å²) < 4.78 is 0. The standard InChI is InChI=1S/C20H38N8O7/c1-11(19(34)35)26-17(32)13(6-4-10-25-20(23)24)28-18(33)14(7-8-15(29)30)27-16(31)12(22)5-2-3-9-21/h11-14H,2-10,21-22H2,1H3,(H,26,32)(H,27,31)(H,28,33)(H,29,30)(H,34,35)(H4,23,24,25). The molecule has 4 unspecified atom stereocenters. The summed E-state index contributed by atoms with van der Waals surface area (Å²) in [6.45, 7) is 1.83. The van der Waals surface area contributed by atoms with E-state index >= 15 is 0 Å². The molecule has 0 aliphatic heterocycles. The highest BCUT2D eigenvalue weighted by molar-refractivity contribution is 5.94. The SMILES string of the molecule is CC(NC(=O)C(CCCN=C(N)N)NC(=O)C(CCC(=O)O)NC(=O)C(N)CCCCN)C(=O)O. The molecule has 4 atom stereocenters. The molecule has 0 heterocycles. The van der Waals surface area contributed by atoms with Crippen molar-refractivity contribution in [3.05, 3.63) is 0 Å². The summed E-state index contributed by atoms with van der Waals surface area (Å²) in [6.07, 6.45) is 1.19. The van der Waals surface area contributed by atoms with E-state index in [1.54, 1.807) is 0 Å². The minimum absolute atomic E-state index is 0.0406. The second-order valence-corrected chi connectivity index (χ2v) is 7.96. The van der Waals surface area contributed by atoms with Gasteiger partial charge in [0.05, 0.1) is 6.04 Å². The molecular weight excluding hydrogens is 464 g/mol. The van der Waals surface area contributed by atoms with Gasteiger partial charge in [0.2, 0.25) is 17.7 Å². The van der Waals surface area contributed by atoms with Gasteiger partial charge in [-0.25, -0.2) is 0 Å². The van der Waals surface area contributed by atoms with Gasteiger partial charge in [-0.2, -0.15) is 0 Å². The highest BCUT2D eigenvalue weighted by Crippen LogP contribution is 2.05. The number of nitrogens with two attached hydrogens (primary N) is 4. The number of nitrogens with zero attached hydrogens (tertiary/aromatic N) is 1. The number of aliphatic carboxylic acids is 2. The molecule has 0 rings (SSSR count). The summed E-state index contributed by atoms with van der Waals surface area (Å²) in [5, 5.41) is 25.2. The first kappa shape index (κ1) is 31.5. The largest absolute Gasteiger partial charge is 0.481 e. The molecule has 200 valence electrons.